The van der Waals surface area contributed by atoms with Crippen molar-refractivity contribution in [1.82, 2.24) is 19.9 Å². The molecule has 3 aromatic rings. The number of benzene rings is 1. The summed E-state index contributed by atoms with van der Waals surface area (Å²) in [5.41, 5.74) is 2.01. The smallest absolute Gasteiger partial charge is 0.295 e. The van der Waals surface area contributed by atoms with Crippen LogP contribution in [0.3, 0.4) is 0 Å². The van der Waals surface area contributed by atoms with Crippen molar-refractivity contribution >= 4 is 22.6 Å². The number of rotatable bonds is 4. The summed E-state index contributed by atoms with van der Waals surface area (Å²) >= 11 is 0. The largest absolute Gasteiger partial charge is 0.470 e. The van der Waals surface area contributed by atoms with Crippen LogP contribution in [0, 0.1) is 18.3 Å². The molecular formula is C21H19N5O3. The predicted octanol–water partition coefficient (Wildman–Crippen LogP) is 2.39. The standard InChI is InChI=1S/C21H19N5O3/c1-13-18(15-6-2-3-7-16(15)25-13)19(27)21(28)26-10-4-5-14(12-26)29-20-17(11-22)23-8-9-24-20/h2-3,6-9,14,25H,4-5,10,12H2,1H3. The molecule has 1 N–H and O–H groups in total. The van der Waals surface area contributed by atoms with Gasteiger partial charge in [0.25, 0.3) is 17.6 Å². The normalized spacial score (nSPS) is 16.4. The van der Waals surface area contributed by atoms with Gasteiger partial charge in [-0.2, -0.15) is 5.26 Å². The minimum Gasteiger partial charge on any atom is -0.470 e. The third-order valence-corrected chi connectivity index (χ3v) is 5.03. The summed E-state index contributed by atoms with van der Waals surface area (Å²) in [6.07, 6.45) is 3.91. The number of H-pyrrole nitrogens is 1. The Kier molecular flexibility index (Phi) is 4.96. The van der Waals surface area contributed by atoms with Gasteiger partial charge in [0, 0.05) is 35.5 Å². The Bertz CT molecular complexity index is 1130. The fourth-order valence-corrected chi connectivity index (χ4v) is 3.68. The third-order valence-electron chi connectivity index (χ3n) is 5.03. The molecule has 4 rings (SSSR count). The number of hydrogen-bond donors (Lipinski definition) is 1. The maximum atomic E-state index is 13.0. The number of nitriles is 1. The Morgan fingerprint density at radius 3 is 2.90 bits per heavy atom. The molecule has 0 radical (unpaired) electrons. The van der Waals surface area contributed by atoms with Crippen LogP contribution in [0.4, 0.5) is 0 Å². The first-order valence-corrected chi connectivity index (χ1v) is 9.37. The number of carbonyl (C=O) groups excluding carboxylic acids is 2. The maximum absolute atomic E-state index is 13.0. The highest BCUT2D eigenvalue weighted by molar-refractivity contribution is 6.45. The van der Waals surface area contributed by atoms with E-state index in [2.05, 4.69) is 15.0 Å². The zero-order valence-electron chi connectivity index (χ0n) is 15.9. The average molecular weight is 389 g/mol. The molecule has 1 aliphatic rings. The summed E-state index contributed by atoms with van der Waals surface area (Å²) in [5.74, 6) is -0.934. The predicted molar refractivity (Wildman–Crippen MR) is 104 cm³/mol. The van der Waals surface area contributed by atoms with Crippen LogP contribution in [0.2, 0.25) is 0 Å². The minimum absolute atomic E-state index is 0.0986. The number of ether oxygens (including phenoxy) is 1. The first-order chi connectivity index (χ1) is 14.1. The maximum Gasteiger partial charge on any atom is 0.295 e. The number of piperidine rings is 1. The molecule has 0 spiro atoms. The quantitative estimate of drug-likeness (QED) is 0.542. The molecule has 8 heteroatoms. The van der Waals surface area contributed by atoms with E-state index in [1.54, 1.807) is 6.92 Å². The summed E-state index contributed by atoms with van der Waals surface area (Å²) in [5, 5.41) is 9.88. The number of ketones is 1. The Morgan fingerprint density at radius 2 is 2.07 bits per heavy atom. The van der Waals surface area contributed by atoms with E-state index in [0.717, 1.165) is 10.9 Å². The van der Waals surface area contributed by atoms with Crippen molar-refractivity contribution in [2.24, 2.45) is 0 Å². The van der Waals surface area contributed by atoms with Gasteiger partial charge in [0.05, 0.1) is 12.1 Å². The van der Waals surface area contributed by atoms with Crippen LogP contribution >= 0.6 is 0 Å². The summed E-state index contributed by atoms with van der Waals surface area (Å²) in [6.45, 7) is 2.53. The number of hydrogen-bond acceptors (Lipinski definition) is 6. The zero-order chi connectivity index (χ0) is 20.4. The molecule has 1 aliphatic heterocycles. The average Bonchev–Trinajstić information content (AvgIpc) is 3.09. The number of nitrogens with one attached hydrogen (secondary N) is 1. The van der Waals surface area contributed by atoms with Crippen molar-refractivity contribution in [2.45, 2.75) is 25.9 Å². The lowest BCUT2D eigenvalue weighted by atomic mass is 10.0. The van der Waals surface area contributed by atoms with E-state index in [1.165, 1.54) is 17.3 Å². The number of fused-ring (bicyclic) bond motifs is 1. The number of aromatic amines is 1. The van der Waals surface area contributed by atoms with Gasteiger partial charge in [-0.3, -0.25) is 9.59 Å². The molecule has 1 saturated heterocycles. The molecule has 0 bridgehead atoms. The number of para-hydroxylation sites is 1. The van der Waals surface area contributed by atoms with Gasteiger partial charge < -0.3 is 14.6 Å². The van der Waals surface area contributed by atoms with Gasteiger partial charge in [-0.25, -0.2) is 9.97 Å². The zero-order valence-corrected chi connectivity index (χ0v) is 15.9. The van der Waals surface area contributed by atoms with Crippen LogP contribution in [-0.4, -0.2) is 50.7 Å². The van der Waals surface area contributed by atoms with E-state index in [1.807, 2.05) is 30.3 Å². The van der Waals surface area contributed by atoms with Crippen LogP contribution in [0.5, 0.6) is 5.88 Å². The molecule has 0 saturated carbocycles. The van der Waals surface area contributed by atoms with Crippen LogP contribution in [-0.2, 0) is 4.79 Å². The van der Waals surface area contributed by atoms with Gasteiger partial charge in [-0.05, 0) is 25.8 Å². The first-order valence-electron chi connectivity index (χ1n) is 9.37. The van der Waals surface area contributed by atoms with Gasteiger partial charge in [0.1, 0.15) is 12.2 Å². The fourth-order valence-electron chi connectivity index (χ4n) is 3.68. The highest BCUT2D eigenvalue weighted by Crippen LogP contribution is 2.24. The van der Waals surface area contributed by atoms with E-state index in [4.69, 9.17) is 10.00 Å². The minimum atomic E-state index is -0.550. The van der Waals surface area contributed by atoms with E-state index in [-0.39, 0.29) is 24.2 Å². The molecule has 0 aliphatic carbocycles. The molecule has 29 heavy (non-hydrogen) atoms. The number of carbonyl (C=O) groups is 2. The number of likely N-dealkylation sites (tertiary alicyclic amines) is 1. The number of aryl methyl sites for hydroxylation is 1. The second kappa shape index (κ2) is 7.72. The van der Waals surface area contributed by atoms with Crippen molar-refractivity contribution in [3.05, 3.63) is 53.6 Å². The van der Waals surface area contributed by atoms with Crippen LogP contribution in [0.15, 0.2) is 36.7 Å². The molecule has 146 valence electrons. The molecule has 1 atom stereocenters. The Labute approximate surface area is 167 Å². The van der Waals surface area contributed by atoms with Crippen molar-refractivity contribution in [2.75, 3.05) is 13.1 Å². The molecule has 1 amide bonds. The second-order valence-corrected chi connectivity index (χ2v) is 6.95. The van der Waals surface area contributed by atoms with Crippen LogP contribution in [0.25, 0.3) is 10.9 Å². The topological polar surface area (TPSA) is 112 Å². The Hall–Kier alpha value is -3.73. The fraction of sp³-hybridized carbons (Fsp3) is 0.286. The Morgan fingerprint density at radius 1 is 1.28 bits per heavy atom. The lowest BCUT2D eigenvalue weighted by Gasteiger charge is -2.32. The lowest BCUT2D eigenvalue weighted by Crippen LogP contribution is -2.47. The van der Waals surface area contributed by atoms with Gasteiger partial charge in [0.2, 0.25) is 5.69 Å². The van der Waals surface area contributed by atoms with Crippen LogP contribution in [0.1, 0.15) is 34.6 Å². The van der Waals surface area contributed by atoms with E-state index in [9.17, 15) is 9.59 Å². The Balaban J connectivity index is 1.52. The molecular weight excluding hydrogens is 370 g/mol. The molecule has 2 aromatic heterocycles. The summed E-state index contributed by atoms with van der Waals surface area (Å²) in [7, 11) is 0. The van der Waals surface area contributed by atoms with Crippen molar-refractivity contribution in [3.8, 4) is 11.9 Å². The van der Waals surface area contributed by atoms with E-state index in [0.29, 0.717) is 30.6 Å². The summed E-state index contributed by atoms with van der Waals surface area (Å²) in [4.78, 5) is 38.6. The first kappa shape index (κ1) is 18.6. The monoisotopic (exact) mass is 389 g/mol. The number of Topliss-reactive ketones (excluding diaryl/α,β-unsaturated/α-hetero) is 1. The molecule has 1 unspecified atom stereocenters. The third kappa shape index (κ3) is 3.55. The molecule has 8 nitrogen and oxygen atoms in total. The van der Waals surface area contributed by atoms with Gasteiger partial charge >= 0.3 is 0 Å². The SMILES string of the molecule is Cc1[nH]c2ccccc2c1C(=O)C(=O)N1CCCC(Oc2nccnc2C#N)C1. The van der Waals surface area contributed by atoms with Crippen molar-refractivity contribution in [1.29, 1.82) is 5.26 Å². The lowest BCUT2D eigenvalue weighted by molar-refractivity contribution is -0.129. The van der Waals surface area contributed by atoms with Crippen molar-refractivity contribution in [3.63, 3.8) is 0 Å². The van der Waals surface area contributed by atoms with Crippen LogP contribution < -0.4 is 4.74 Å². The molecule has 3 heterocycles. The van der Waals surface area contributed by atoms with Gasteiger partial charge in [-0.15, -0.1) is 0 Å². The molecule has 1 aromatic carbocycles. The number of aromatic nitrogens is 3. The highest BCUT2D eigenvalue weighted by Gasteiger charge is 2.32. The molecule has 1 fully saturated rings. The highest BCUT2D eigenvalue weighted by atomic mass is 16.5. The number of amides is 1. The van der Waals surface area contributed by atoms with Gasteiger partial charge in [0.15, 0.2) is 0 Å². The van der Waals surface area contributed by atoms with E-state index >= 15 is 0 Å². The van der Waals surface area contributed by atoms with Crippen molar-refractivity contribution < 1.29 is 14.3 Å². The van der Waals surface area contributed by atoms with Gasteiger partial charge in [-0.1, -0.05) is 18.2 Å². The number of nitrogens with zero attached hydrogens (tertiary/aromatic N) is 4. The summed E-state index contributed by atoms with van der Waals surface area (Å²) in [6, 6.07) is 9.37. The van der Waals surface area contributed by atoms with E-state index < -0.39 is 11.7 Å². The second-order valence-electron chi connectivity index (χ2n) is 6.95. The summed E-state index contributed by atoms with van der Waals surface area (Å²) < 4.78 is 5.81.